The molecule has 1 amide bonds. The van der Waals surface area contributed by atoms with Crippen LogP contribution in [0.1, 0.15) is 18.4 Å². The van der Waals surface area contributed by atoms with E-state index in [1.165, 1.54) is 12.1 Å². The summed E-state index contributed by atoms with van der Waals surface area (Å²) in [6.45, 7) is 0.656. The Hall–Kier alpha value is -1.27. The lowest BCUT2D eigenvalue weighted by Gasteiger charge is -2.17. The van der Waals surface area contributed by atoms with E-state index in [-0.39, 0.29) is 17.3 Å². The van der Waals surface area contributed by atoms with E-state index in [4.69, 9.17) is 34.8 Å². The summed E-state index contributed by atoms with van der Waals surface area (Å²) in [6.07, 6.45) is 1.26. The van der Waals surface area contributed by atoms with E-state index < -0.39 is 15.1 Å². The van der Waals surface area contributed by atoms with Crippen LogP contribution in [0.15, 0.2) is 47.4 Å². The number of nitrogens with zero attached hydrogens (tertiary/aromatic N) is 1. The van der Waals surface area contributed by atoms with E-state index in [2.05, 4.69) is 0 Å². The van der Waals surface area contributed by atoms with Gasteiger partial charge in [0.1, 0.15) is 0 Å². The first-order chi connectivity index (χ1) is 12.8. The monoisotopic (exact) mass is 445 g/mol. The number of benzene rings is 2. The molecule has 0 N–H and O–H groups in total. The van der Waals surface area contributed by atoms with Gasteiger partial charge in [-0.3, -0.25) is 4.79 Å². The second kappa shape index (κ2) is 8.39. The zero-order chi connectivity index (χ0) is 19.6. The van der Waals surface area contributed by atoms with Crippen molar-refractivity contribution >= 4 is 50.5 Å². The minimum absolute atomic E-state index is 0.0603. The van der Waals surface area contributed by atoms with E-state index in [0.29, 0.717) is 40.9 Å². The quantitative estimate of drug-likeness (QED) is 0.671. The minimum Gasteiger partial charge on any atom is -0.341 e. The van der Waals surface area contributed by atoms with Gasteiger partial charge in [-0.25, -0.2) is 8.42 Å². The van der Waals surface area contributed by atoms with Crippen LogP contribution in [0.5, 0.6) is 0 Å². The van der Waals surface area contributed by atoms with Gasteiger partial charge in [-0.15, -0.1) is 0 Å². The summed E-state index contributed by atoms with van der Waals surface area (Å²) in [5.74, 6) is -0.0603. The van der Waals surface area contributed by atoms with Gasteiger partial charge in [0.2, 0.25) is 5.91 Å². The number of hydrogen-bond acceptors (Lipinski definition) is 3. The van der Waals surface area contributed by atoms with Crippen molar-refractivity contribution in [2.45, 2.75) is 29.4 Å². The molecule has 27 heavy (non-hydrogen) atoms. The number of halogens is 3. The summed E-state index contributed by atoms with van der Waals surface area (Å²) in [7, 11) is -3.48. The number of amides is 1. The summed E-state index contributed by atoms with van der Waals surface area (Å²) in [4.78, 5) is 14.3. The van der Waals surface area contributed by atoms with Crippen LogP contribution in [-0.4, -0.2) is 37.6 Å². The molecule has 0 radical (unpaired) electrons. The highest BCUT2D eigenvalue weighted by Gasteiger charge is 2.35. The molecule has 0 aliphatic carbocycles. The lowest BCUT2D eigenvalue weighted by Crippen LogP contribution is -2.32. The van der Waals surface area contributed by atoms with Crippen molar-refractivity contribution in [2.75, 3.05) is 13.1 Å². The van der Waals surface area contributed by atoms with Crippen LogP contribution in [0.4, 0.5) is 0 Å². The van der Waals surface area contributed by atoms with Gasteiger partial charge in [0, 0.05) is 24.5 Å². The molecular weight excluding hydrogens is 429 g/mol. The van der Waals surface area contributed by atoms with Crippen molar-refractivity contribution in [1.29, 1.82) is 0 Å². The molecule has 144 valence electrons. The third kappa shape index (κ3) is 4.77. The van der Waals surface area contributed by atoms with Crippen molar-refractivity contribution in [3.63, 3.8) is 0 Å². The number of aryl methyl sites for hydroxylation is 1. The molecule has 0 aromatic heterocycles. The van der Waals surface area contributed by atoms with E-state index >= 15 is 0 Å². The molecule has 0 spiro atoms. The van der Waals surface area contributed by atoms with Crippen LogP contribution in [0.3, 0.4) is 0 Å². The zero-order valence-corrected chi connectivity index (χ0v) is 17.5. The molecule has 4 nitrogen and oxygen atoms in total. The average molecular weight is 447 g/mol. The molecule has 2 aromatic carbocycles. The van der Waals surface area contributed by atoms with Crippen LogP contribution < -0.4 is 0 Å². The number of carbonyl (C=O) groups is 1. The molecule has 1 heterocycles. The second-order valence-electron chi connectivity index (χ2n) is 6.50. The maximum absolute atomic E-state index is 12.8. The summed E-state index contributed by atoms with van der Waals surface area (Å²) in [6, 6.07) is 11.4. The SMILES string of the molecule is O=C(CCc1ccc(Cl)c(Cl)c1)N1CCC(S(=O)(=O)c2ccc(Cl)cc2)C1. The topological polar surface area (TPSA) is 54.5 Å². The van der Waals surface area contributed by atoms with Crippen molar-refractivity contribution in [3.8, 4) is 0 Å². The van der Waals surface area contributed by atoms with Gasteiger partial charge in [0.15, 0.2) is 9.84 Å². The van der Waals surface area contributed by atoms with Crippen molar-refractivity contribution < 1.29 is 13.2 Å². The normalized spacial score (nSPS) is 17.3. The minimum atomic E-state index is -3.48. The molecular formula is C19H18Cl3NO3S. The molecule has 1 saturated heterocycles. The molecule has 1 atom stereocenters. The predicted molar refractivity (Wildman–Crippen MR) is 108 cm³/mol. The molecule has 0 saturated carbocycles. The Labute approximate surface area is 173 Å². The summed E-state index contributed by atoms with van der Waals surface area (Å²) < 4.78 is 25.5. The third-order valence-corrected chi connectivity index (χ3v) is 7.87. The number of likely N-dealkylation sites (tertiary alicyclic amines) is 1. The third-order valence-electron chi connectivity index (χ3n) is 4.69. The van der Waals surface area contributed by atoms with E-state index in [1.807, 2.05) is 6.07 Å². The fraction of sp³-hybridized carbons (Fsp3) is 0.316. The average Bonchev–Trinajstić information content (AvgIpc) is 3.14. The molecule has 8 heteroatoms. The number of rotatable bonds is 5. The van der Waals surface area contributed by atoms with Crippen molar-refractivity contribution in [3.05, 3.63) is 63.1 Å². The number of sulfone groups is 1. The first-order valence-corrected chi connectivity index (χ1v) is 11.2. The Kier molecular flexibility index (Phi) is 6.36. The largest absolute Gasteiger partial charge is 0.341 e. The Morgan fingerprint density at radius 2 is 1.74 bits per heavy atom. The first kappa shape index (κ1) is 20.5. The predicted octanol–water partition coefficient (Wildman–Crippen LogP) is 4.65. The van der Waals surface area contributed by atoms with Crippen molar-refractivity contribution in [1.82, 2.24) is 4.90 Å². The highest BCUT2D eigenvalue weighted by molar-refractivity contribution is 7.92. The second-order valence-corrected chi connectivity index (χ2v) is 9.98. The van der Waals surface area contributed by atoms with Gasteiger partial charge in [0.05, 0.1) is 20.2 Å². The van der Waals surface area contributed by atoms with Crippen molar-refractivity contribution in [2.24, 2.45) is 0 Å². The standard InChI is InChI=1S/C19H18Cl3NO3S/c20-14-3-5-15(6-4-14)27(25,26)16-9-10-23(12-16)19(24)8-2-13-1-7-17(21)18(22)11-13/h1,3-7,11,16H,2,8-10,12H2. The van der Waals surface area contributed by atoms with Gasteiger partial charge >= 0.3 is 0 Å². The van der Waals surface area contributed by atoms with Crippen LogP contribution in [0.2, 0.25) is 15.1 Å². The number of carbonyl (C=O) groups excluding carboxylic acids is 1. The van der Waals surface area contributed by atoms with Crippen LogP contribution in [0.25, 0.3) is 0 Å². The van der Waals surface area contributed by atoms with Gasteiger partial charge in [-0.05, 0) is 54.8 Å². The zero-order valence-electron chi connectivity index (χ0n) is 14.4. The van der Waals surface area contributed by atoms with E-state index in [1.54, 1.807) is 29.2 Å². The van der Waals surface area contributed by atoms with Gasteiger partial charge in [-0.2, -0.15) is 0 Å². The summed E-state index contributed by atoms with van der Waals surface area (Å²) >= 11 is 17.7. The van der Waals surface area contributed by atoms with Crippen LogP contribution in [-0.2, 0) is 21.1 Å². The molecule has 1 aliphatic rings. The fourth-order valence-electron chi connectivity index (χ4n) is 3.13. The Bertz CT molecular complexity index is 945. The summed E-state index contributed by atoms with van der Waals surface area (Å²) in [5, 5.41) is 0.825. The molecule has 1 fully saturated rings. The molecule has 3 rings (SSSR count). The van der Waals surface area contributed by atoms with Crippen LogP contribution >= 0.6 is 34.8 Å². The van der Waals surface area contributed by atoms with Gasteiger partial charge in [-0.1, -0.05) is 40.9 Å². The highest BCUT2D eigenvalue weighted by atomic mass is 35.5. The fourth-order valence-corrected chi connectivity index (χ4v) is 5.27. The van der Waals surface area contributed by atoms with Gasteiger partial charge < -0.3 is 4.90 Å². The Balaban J connectivity index is 1.60. The maximum Gasteiger partial charge on any atom is 0.222 e. The highest BCUT2D eigenvalue weighted by Crippen LogP contribution is 2.26. The van der Waals surface area contributed by atoms with E-state index in [0.717, 1.165) is 5.56 Å². The lowest BCUT2D eigenvalue weighted by atomic mass is 10.1. The molecule has 1 aliphatic heterocycles. The first-order valence-electron chi connectivity index (χ1n) is 8.48. The molecule has 1 unspecified atom stereocenters. The van der Waals surface area contributed by atoms with Crippen LogP contribution in [0, 0.1) is 0 Å². The maximum atomic E-state index is 12.8. The van der Waals surface area contributed by atoms with E-state index in [9.17, 15) is 13.2 Å². The summed E-state index contributed by atoms with van der Waals surface area (Å²) in [5.41, 5.74) is 0.919. The molecule has 2 aromatic rings. The Morgan fingerprint density at radius 1 is 1.04 bits per heavy atom. The Morgan fingerprint density at radius 3 is 2.41 bits per heavy atom. The lowest BCUT2D eigenvalue weighted by molar-refractivity contribution is -0.130. The smallest absolute Gasteiger partial charge is 0.222 e. The van der Waals surface area contributed by atoms with Gasteiger partial charge in [0.25, 0.3) is 0 Å². The molecule has 0 bridgehead atoms. The number of hydrogen-bond donors (Lipinski definition) is 0.